The van der Waals surface area contributed by atoms with Gasteiger partial charge in [0.25, 0.3) is 0 Å². The second-order valence-corrected chi connectivity index (χ2v) is 7.44. The monoisotopic (exact) mass is 420 g/mol. The SMILES string of the molecule is CCC(=O)N(Cc1ccc(-c2ccccc2-c2nn[nH]n2)cc1)N1CCCC1C(=O)O. The van der Waals surface area contributed by atoms with Crippen molar-refractivity contribution < 1.29 is 14.7 Å². The number of benzene rings is 2. The summed E-state index contributed by atoms with van der Waals surface area (Å²) in [7, 11) is 0. The van der Waals surface area contributed by atoms with Crippen LogP contribution in [0.3, 0.4) is 0 Å². The molecular weight excluding hydrogens is 396 g/mol. The van der Waals surface area contributed by atoms with Gasteiger partial charge in [0.15, 0.2) is 0 Å². The van der Waals surface area contributed by atoms with E-state index in [-0.39, 0.29) is 5.91 Å². The number of hydrogen-bond acceptors (Lipinski definition) is 6. The first kappa shape index (κ1) is 20.7. The molecule has 3 aromatic rings. The number of carbonyl (C=O) groups is 2. The highest BCUT2D eigenvalue weighted by atomic mass is 16.4. The average molecular weight is 420 g/mol. The molecule has 2 heterocycles. The van der Waals surface area contributed by atoms with E-state index in [4.69, 9.17) is 0 Å². The van der Waals surface area contributed by atoms with Gasteiger partial charge in [0.05, 0.1) is 6.54 Å². The molecule has 160 valence electrons. The summed E-state index contributed by atoms with van der Waals surface area (Å²) in [5.41, 5.74) is 3.76. The largest absolute Gasteiger partial charge is 0.480 e. The van der Waals surface area contributed by atoms with Gasteiger partial charge >= 0.3 is 5.97 Å². The smallest absolute Gasteiger partial charge is 0.322 e. The van der Waals surface area contributed by atoms with Crippen molar-refractivity contribution in [1.82, 2.24) is 30.6 Å². The number of carboxylic acids is 1. The van der Waals surface area contributed by atoms with Crippen LogP contribution in [-0.2, 0) is 16.1 Å². The highest BCUT2D eigenvalue weighted by Crippen LogP contribution is 2.30. The molecule has 1 aromatic heterocycles. The van der Waals surface area contributed by atoms with Gasteiger partial charge in [-0.15, -0.1) is 10.2 Å². The molecule has 9 nitrogen and oxygen atoms in total. The highest BCUT2D eigenvalue weighted by Gasteiger charge is 2.36. The molecule has 1 aliphatic heterocycles. The Kier molecular flexibility index (Phi) is 6.03. The van der Waals surface area contributed by atoms with E-state index in [0.29, 0.717) is 31.8 Å². The maximum atomic E-state index is 12.6. The van der Waals surface area contributed by atoms with Crippen molar-refractivity contribution in [1.29, 1.82) is 0 Å². The first-order valence-corrected chi connectivity index (χ1v) is 10.3. The fourth-order valence-corrected chi connectivity index (χ4v) is 3.96. The third-order valence-corrected chi connectivity index (χ3v) is 5.52. The Hall–Kier alpha value is -3.59. The van der Waals surface area contributed by atoms with Gasteiger partial charge in [-0.1, -0.05) is 55.5 Å². The number of aromatic nitrogens is 4. The van der Waals surface area contributed by atoms with Gasteiger partial charge < -0.3 is 5.11 Å². The Morgan fingerprint density at radius 1 is 1.16 bits per heavy atom. The van der Waals surface area contributed by atoms with Crippen LogP contribution in [0.1, 0.15) is 31.7 Å². The van der Waals surface area contributed by atoms with Crippen molar-refractivity contribution in [2.75, 3.05) is 6.54 Å². The summed E-state index contributed by atoms with van der Waals surface area (Å²) in [5, 5.41) is 27.1. The van der Waals surface area contributed by atoms with Crippen LogP contribution in [0.2, 0.25) is 0 Å². The van der Waals surface area contributed by atoms with Gasteiger partial charge in [0, 0.05) is 18.5 Å². The fraction of sp³-hybridized carbons (Fsp3) is 0.318. The van der Waals surface area contributed by atoms with Crippen molar-refractivity contribution in [2.24, 2.45) is 0 Å². The number of nitrogens with zero attached hydrogens (tertiary/aromatic N) is 5. The summed E-state index contributed by atoms with van der Waals surface area (Å²) in [5.74, 6) is -0.451. The zero-order valence-corrected chi connectivity index (χ0v) is 17.2. The Labute approximate surface area is 179 Å². The zero-order chi connectivity index (χ0) is 21.8. The second-order valence-electron chi connectivity index (χ2n) is 7.44. The zero-order valence-electron chi connectivity index (χ0n) is 17.2. The number of hydrazine groups is 1. The van der Waals surface area contributed by atoms with Gasteiger partial charge in [-0.3, -0.25) is 14.6 Å². The molecule has 2 aromatic carbocycles. The first-order chi connectivity index (χ1) is 15.1. The number of aliphatic carboxylic acids is 1. The van der Waals surface area contributed by atoms with Crippen LogP contribution >= 0.6 is 0 Å². The summed E-state index contributed by atoms with van der Waals surface area (Å²) in [6, 6.07) is 15.1. The number of hydrogen-bond donors (Lipinski definition) is 2. The molecule has 1 unspecified atom stereocenters. The molecule has 1 aliphatic rings. The van der Waals surface area contributed by atoms with Gasteiger partial charge in [-0.2, -0.15) is 5.21 Å². The summed E-state index contributed by atoms with van der Waals surface area (Å²) < 4.78 is 0. The summed E-state index contributed by atoms with van der Waals surface area (Å²) in [6.45, 7) is 2.70. The van der Waals surface area contributed by atoms with Crippen LogP contribution in [0.4, 0.5) is 0 Å². The lowest BCUT2D eigenvalue weighted by Crippen LogP contribution is -2.50. The van der Waals surface area contributed by atoms with Crippen LogP contribution in [0.15, 0.2) is 48.5 Å². The minimum absolute atomic E-state index is 0.0836. The molecule has 0 saturated carbocycles. The van der Waals surface area contributed by atoms with E-state index in [0.717, 1.165) is 28.7 Å². The minimum atomic E-state index is -0.889. The molecule has 2 N–H and O–H groups in total. The summed E-state index contributed by atoms with van der Waals surface area (Å²) >= 11 is 0. The Bertz CT molecular complexity index is 1050. The van der Waals surface area contributed by atoms with E-state index in [2.05, 4.69) is 20.6 Å². The molecule has 1 fully saturated rings. The maximum Gasteiger partial charge on any atom is 0.322 e. The number of aromatic amines is 1. The molecule has 1 atom stereocenters. The van der Waals surface area contributed by atoms with Crippen molar-refractivity contribution in [3.05, 3.63) is 54.1 Å². The molecule has 1 saturated heterocycles. The van der Waals surface area contributed by atoms with Crippen LogP contribution < -0.4 is 0 Å². The van der Waals surface area contributed by atoms with Crippen molar-refractivity contribution >= 4 is 11.9 Å². The first-order valence-electron chi connectivity index (χ1n) is 10.3. The van der Waals surface area contributed by atoms with Crippen LogP contribution in [-0.4, -0.2) is 60.2 Å². The van der Waals surface area contributed by atoms with Crippen LogP contribution in [0.25, 0.3) is 22.5 Å². The van der Waals surface area contributed by atoms with Gasteiger partial charge in [-0.25, -0.2) is 5.01 Å². The van der Waals surface area contributed by atoms with Gasteiger partial charge in [-0.05, 0) is 34.7 Å². The lowest BCUT2D eigenvalue weighted by molar-refractivity contribution is -0.162. The number of tetrazole rings is 1. The molecule has 0 radical (unpaired) electrons. The van der Waals surface area contributed by atoms with Crippen LogP contribution in [0, 0.1) is 0 Å². The lowest BCUT2D eigenvalue weighted by Gasteiger charge is -2.34. The average Bonchev–Trinajstić information content (AvgIpc) is 3.50. The molecular formula is C22H24N6O3. The Morgan fingerprint density at radius 2 is 1.90 bits per heavy atom. The number of carboxylic acid groups (broad SMARTS) is 1. The number of rotatable bonds is 7. The van der Waals surface area contributed by atoms with E-state index in [9.17, 15) is 14.7 Å². The molecule has 0 spiro atoms. The number of amides is 1. The maximum absolute atomic E-state index is 12.6. The van der Waals surface area contributed by atoms with Crippen molar-refractivity contribution in [3.8, 4) is 22.5 Å². The predicted molar refractivity (Wildman–Crippen MR) is 113 cm³/mol. The normalized spacial score (nSPS) is 16.4. The standard InChI is InChI=1S/C22H24N6O3/c1-2-20(29)28(27-13-5-8-19(27)22(30)31)14-15-9-11-16(12-10-15)17-6-3-4-7-18(17)21-23-25-26-24-21/h3-4,6-7,9-12,19H,2,5,8,13-14H2,1H3,(H,30,31)(H,23,24,25,26). The number of carbonyl (C=O) groups excluding carboxylic acids is 1. The Balaban J connectivity index is 1.58. The molecule has 1 amide bonds. The van der Waals surface area contributed by atoms with Crippen molar-refractivity contribution in [3.63, 3.8) is 0 Å². The quantitative estimate of drug-likeness (QED) is 0.604. The lowest BCUT2D eigenvalue weighted by atomic mass is 9.98. The van der Waals surface area contributed by atoms with E-state index >= 15 is 0 Å². The number of nitrogens with one attached hydrogen (secondary N) is 1. The second kappa shape index (κ2) is 9.05. The molecule has 0 aliphatic carbocycles. The minimum Gasteiger partial charge on any atom is -0.480 e. The third-order valence-electron chi connectivity index (χ3n) is 5.52. The van der Waals surface area contributed by atoms with E-state index in [1.807, 2.05) is 48.5 Å². The molecule has 0 bridgehead atoms. The van der Waals surface area contributed by atoms with Crippen molar-refractivity contribution in [2.45, 2.75) is 38.8 Å². The summed E-state index contributed by atoms with van der Waals surface area (Å²) in [6.07, 6.45) is 1.63. The topological polar surface area (TPSA) is 115 Å². The van der Waals surface area contributed by atoms with E-state index < -0.39 is 12.0 Å². The fourth-order valence-electron chi connectivity index (χ4n) is 3.96. The van der Waals surface area contributed by atoms with Gasteiger partial charge in [0.2, 0.25) is 11.7 Å². The predicted octanol–water partition coefficient (Wildman–Crippen LogP) is 2.74. The van der Waals surface area contributed by atoms with E-state index in [1.54, 1.807) is 16.9 Å². The van der Waals surface area contributed by atoms with Crippen LogP contribution in [0.5, 0.6) is 0 Å². The van der Waals surface area contributed by atoms with Gasteiger partial charge in [0.1, 0.15) is 6.04 Å². The van der Waals surface area contributed by atoms with E-state index in [1.165, 1.54) is 0 Å². The third kappa shape index (κ3) is 4.31. The highest BCUT2D eigenvalue weighted by molar-refractivity contribution is 5.80. The summed E-state index contributed by atoms with van der Waals surface area (Å²) in [4.78, 5) is 24.2. The molecule has 31 heavy (non-hydrogen) atoms. The number of H-pyrrole nitrogens is 1. The molecule has 4 rings (SSSR count). The molecule has 9 heteroatoms. The Morgan fingerprint density at radius 3 is 2.55 bits per heavy atom.